The zero-order valence-electron chi connectivity index (χ0n) is 12.9. The van der Waals surface area contributed by atoms with Crippen LogP contribution in [-0.4, -0.2) is 14.1 Å². The van der Waals surface area contributed by atoms with E-state index >= 15 is 0 Å². The Bertz CT molecular complexity index is 542. The van der Waals surface area contributed by atoms with Crippen molar-refractivity contribution < 1.29 is 0 Å². The number of hydrogen-bond donors (Lipinski definition) is 1. The Labute approximate surface area is 122 Å². The lowest BCUT2D eigenvalue weighted by atomic mass is 10.0. The van der Waals surface area contributed by atoms with Crippen LogP contribution in [0.25, 0.3) is 0 Å². The Kier molecular flexibility index (Phi) is 4.67. The van der Waals surface area contributed by atoms with E-state index in [1.807, 2.05) is 0 Å². The molecule has 0 radical (unpaired) electrons. The van der Waals surface area contributed by atoms with Crippen LogP contribution in [0.1, 0.15) is 30.9 Å². The van der Waals surface area contributed by atoms with Crippen molar-refractivity contribution in [2.24, 2.45) is 0 Å². The average molecular weight is 268 g/mol. The molecule has 2 rings (SSSR count). The van der Waals surface area contributed by atoms with Gasteiger partial charge in [0.2, 0.25) is 0 Å². The van der Waals surface area contributed by atoms with Gasteiger partial charge in [-0.25, -0.2) is 0 Å². The highest BCUT2D eigenvalue weighted by atomic mass is 15.1. The minimum atomic E-state index is 0.566. The highest BCUT2D eigenvalue weighted by molar-refractivity contribution is 5.49. The third-order valence-corrected chi connectivity index (χ3v) is 3.50. The van der Waals surface area contributed by atoms with Crippen molar-refractivity contribution in [3.05, 3.63) is 59.7 Å². The predicted molar refractivity (Wildman–Crippen MR) is 88.6 cm³/mol. The lowest BCUT2D eigenvalue weighted by Crippen LogP contribution is -2.08. The smallest absolute Gasteiger partial charge is 0.0400 e. The predicted octanol–water partition coefficient (Wildman–Crippen LogP) is 4.49. The summed E-state index contributed by atoms with van der Waals surface area (Å²) in [4.78, 5) is 2.11. The Morgan fingerprint density at radius 3 is 2.30 bits per heavy atom. The molecule has 2 nitrogen and oxygen atoms in total. The van der Waals surface area contributed by atoms with E-state index in [-0.39, 0.29) is 0 Å². The molecule has 0 aliphatic rings. The zero-order valence-corrected chi connectivity index (χ0v) is 12.9. The fourth-order valence-electron chi connectivity index (χ4n) is 2.12. The van der Waals surface area contributed by atoms with E-state index < -0.39 is 0 Å². The van der Waals surface area contributed by atoms with Gasteiger partial charge in [0.25, 0.3) is 0 Å². The standard InChI is InChI=1S/C18H24N2/c1-14(2)16-6-5-7-17(12-16)19-13-15-8-10-18(11-9-15)20(3)4/h5-12,14,19H,13H2,1-4H3. The third kappa shape index (κ3) is 3.77. The van der Waals surface area contributed by atoms with Crippen LogP contribution in [0.15, 0.2) is 48.5 Å². The van der Waals surface area contributed by atoms with Crippen molar-refractivity contribution in [2.45, 2.75) is 26.3 Å². The Hall–Kier alpha value is -1.96. The molecule has 0 atom stereocenters. The van der Waals surface area contributed by atoms with Crippen molar-refractivity contribution in [3.63, 3.8) is 0 Å². The number of nitrogens with one attached hydrogen (secondary N) is 1. The SMILES string of the molecule is CC(C)c1cccc(NCc2ccc(N(C)C)cc2)c1. The van der Waals surface area contributed by atoms with Gasteiger partial charge in [0.1, 0.15) is 0 Å². The summed E-state index contributed by atoms with van der Waals surface area (Å²) in [7, 11) is 4.12. The molecule has 20 heavy (non-hydrogen) atoms. The highest BCUT2D eigenvalue weighted by Crippen LogP contribution is 2.19. The van der Waals surface area contributed by atoms with Crippen molar-refractivity contribution in [3.8, 4) is 0 Å². The van der Waals surface area contributed by atoms with E-state index in [2.05, 4.69) is 86.7 Å². The van der Waals surface area contributed by atoms with Crippen LogP contribution in [0.3, 0.4) is 0 Å². The van der Waals surface area contributed by atoms with Gasteiger partial charge in [-0.3, -0.25) is 0 Å². The fraction of sp³-hybridized carbons (Fsp3) is 0.333. The molecule has 106 valence electrons. The van der Waals surface area contributed by atoms with Gasteiger partial charge in [0.05, 0.1) is 0 Å². The lowest BCUT2D eigenvalue weighted by Gasteiger charge is -2.13. The molecule has 2 heteroatoms. The van der Waals surface area contributed by atoms with Crippen LogP contribution in [-0.2, 0) is 6.54 Å². The summed E-state index contributed by atoms with van der Waals surface area (Å²) >= 11 is 0. The van der Waals surface area contributed by atoms with E-state index in [9.17, 15) is 0 Å². The van der Waals surface area contributed by atoms with Crippen molar-refractivity contribution >= 4 is 11.4 Å². The Balaban J connectivity index is 1.99. The number of benzene rings is 2. The van der Waals surface area contributed by atoms with Crippen LogP contribution < -0.4 is 10.2 Å². The van der Waals surface area contributed by atoms with E-state index in [1.165, 1.54) is 22.5 Å². The summed E-state index contributed by atoms with van der Waals surface area (Å²) in [5.74, 6) is 0.566. The number of nitrogens with zero attached hydrogens (tertiary/aromatic N) is 1. The second kappa shape index (κ2) is 6.47. The van der Waals surface area contributed by atoms with Crippen LogP contribution >= 0.6 is 0 Å². The van der Waals surface area contributed by atoms with Crippen molar-refractivity contribution in [1.82, 2.24) is 0 Å². The van der Waals surface area contributed by atoms with E-state index in [1.54, 1.807) is 0 Å². The first-order valence-corrected chi connectivity index (χ1v) is 7.16. The normalized spacial score (nSPS) is 10.7. The van der Waals surface area contributed by atoms with Gasteiger partial charge in [-0.1, -0.05) is 38.1 Å². The number of hydrogen-bond acceptors (Lipinski definition) is 2. The average Bonchev–Trinajstić information content (AvgIpc) is 2.46. The van der Waals surface area contributed by atoms with Gasteiger partial charge in [0.15, 0.2) is 0 Å². The first-order valence-electron chi connectivity index (χ1n) is 7.16. The number of anilines is 2. The summed E-state index contributed by atoms with van der Waals surface area (Å²) in [6.07, 6.45) is 0. The molecule has 1 N–H and O–H groups in total. The van der Waals surface area contributed by atoms with Gasteiger partial charge in [-0.2, -0.15) is 0 Å². The quantitative estimate of drug-likeness (QED) is 0.859. The molecule has 2 aromatic rings. The molecule has 0 saturated carbocycles. The molecule has 0 aromatic heterocycles. The topological polar surface area (TPSA) is 15.3 Å². The zero-order chi connectivity index (χ0) is 14.5. The Morgan fingerprint density at radius 1 is 1.00 bits per heavy atom. The maximum atomic E-state index is 3.49. The van der Waals surface area contributed by atoms with Gasteiger partial charge in [-0.15, -0.1) is 0 Å². The maximum absolute atomic E-state index is 3.49. The molecule has 0 amide bonds. The van der Waals surface area contributed by atoms with E-state index in [0.29, 0.717) is 5.92 Å². The molecular formula is C18H24N2. The molecule has 0 fully saturated rings. The van der Waals surface area contributed by atoms with Crippen LogP contribution in [0, 0.1) is 0 Å². The first kappa shape index (κ1) is 14.4. The second-order valence-electron chi connectivity index (χ2n) is 5.69. The molecule has 0 saturated heterocycles. The monoisotopic (exact) mass is 268 g/mol. The van der Waals surface area contributed by atoms with Crippen LogP contribution in [0.5, 0.6) is 0 Å². The second-order valence-corrected chi connectivity index (χ2v) is 5.69. The summed E-state index contributed by atoms with van der Waals surface area (Å²) in [5, 5.41) is 3.49. The summed E-state index contributed by atoms with van der Waals surface area (Å²) in [5.41, 5.74) is 5.09. The molecule has 0 spiro atoms. The summed E-state index contributed by atoms with van der Waals surface area (Å²) in [6.45, 7) is 5.30. The summed E-state index contributed by atoms with van der Waals surface area (Å²) in [6, 6.07) is 17.3. The molecule has 0 unspecified atom stereocenters. The Morgan fingerprint density at radius 2 is 1.70 bits per heavy atom. The van der Waals surface area contributed by atoms with Gasteiger partial charge >= 0.3 is 0 Å². The minimum Gasteiger partial charge on any atom is -0.381 e. The lowest BCUT2D eigenvalue weighted by molar-refractivity contribution is 0.866. The van der Waals surface area contributed by atoms with Gasteiger partial charge in [-0.05, 0) is 41.3 Å². The molecular weight excluding hydrogens is 244 g/mol. The fourth-order valence-corrected chi connectivity index (χ4v) is 2.12. The minimum absolute atomic E-state index is 0.566. The molecule has 0 heterocycles. The summed E-state index contributed by atoms with van der Waals surface area (Å²) < 4.78 is 0. The van der Waals surface area contributed by atoms with Crippen molar-refractivity contribution in [2.75, 3.05) is 24.3 Å². The highest BCUT2D eigenvalue weighted by Gasteiger charge is 2.01. The third-order valence-electron chi connectivity index (χ3n) is 3.50. The van der Waals surface area contributed by atoms with Crippen LogP contribution in [0.4, 0.5) is 11.4 Å². The first-order chi connectivity index (χ1) is 9.56. The van der Waals surface area contributed by atoms with Crippen molar-refractivity contribution in [1.29, 1.82) is 0 Å². The van der Waals surface area contributed by atoms with Gasteiger partial charge in [0, 0.05) is 32.0 Å². The van der Waals surface area contributed by atoms with Gasteiger partial charge < -0.3 is 10.2 Å². The number of rotatable bonds is 5. The van der Waals surface area contributed by atoms with Crippen LogP contribution in [0.2, 0.25) is 0 Å². The molecule has 2 aromatic carbocycles. The molecule has 0 bridgehead atoms. The van der Waals surface area contributed by atoms with E-state index in [4.69, 9.17) is 0 Å². The molecule has 0 aliphatic carbocycles. The van der Waals surface area contributed by atoms with E-state index in [0.717, 1.165) is 6.54 Å². The largest absolute Gasteiger partial charge is 0.381 e. The maximum Gasteiger partial charge on any atom is 0.0400 e. The molecule has 0 aliphatic heterocycles.